The van der Waals surface area contributed by atoms with Crippen LogP contribution in [0.3, 0.4) is 0 Å². The van der Waals surface area contributed by atoms with Gasteiger partial charge in [-0.15, -0.1) is 0 Å². The Morgan fingerprint density at radius 1 is 1.47 bits per heavy atom. The second-order valence-corrected chi connectivity index (χ2v) is 3.14. The van der Waals surface area contributed by atoms with Crippen LogP contribution in [0.4, 0.5) is 0 Å². The molecule has 0 saturated heterocycles. The highest BCUT2D eigenvalue weighted by Gasteiger charge is 2.24. The molecule has 3 nitrogen and oxygen atoms in total. The van der Waals surface area contributed by atoms with Crippen molar-refractivity contribution in [2.24, 2.45) is 5.92 Å². The highest BCUT2D eigenvalue weighted by atomic mass is 16.5. The van der Waals surface area contributed by atoms with Gasteiger partial charge in [-0.3, -0.25) is 9.59 Å². The number of hydrogen-bond acceptors (Lipinski definition) is 3. The third-order valence-electron chi connectivity index (χ3n) is 2.12. The lowest BCUT2D eigenvalue weighted by atomic mass is 9.96. The number of allylic oxidation sites excluding steroid dienone is 3. The first-order valence-corrected chi connectivity index (χ1v) is 5.05. The molecule has 84 valence electrons. The van der Waals surface area contributed by atoms with Gasteiger partial charge in [0.25, 0.3) is 0 Å². The molecule has 15 heavy (non-hydrogen) atoms. The number of carbonyl (C=O) groups excluding carboxylic acids is 2. The fraction of sp³-hybridized carbons (Fsp3) is 0.500. The maximum absolute atomic E-state index is 11.4. The van der Waals surface area contributed by atoms with Gasteiger partial charge in [-0.1, -0.05) is 31.7 Å². The summed E-state index contributed by atoms with van der Waals surface area (Å²) in [7, 11) is 1.30. The van der Waals surface area contributed by atoms with Crippen molar-refractivity contribution in [3.8, 4) is 0 Å². The molecule has 0 rings (SSSR count). The number of Topliss-reactive ketones (excluding diaryl/α,β-unsaturated/α-hetero) is 1. The predicted octanol–water partition coefficient (Wildman–Crippen LogP) is 2.28. The van der Waals surface area contributed by atoms with Crippen LogP contribution in [0, 0.1) is 5.92 Å². The monoisotopic (exact) mass is 210 g/mol. The first-order valence-electron chi connectivity index (χ1n) is 5.05. The van der Waals surface area contributed by atoms with Crippen LogP contribution >= 0.6 is 0 Å². The number of ketones is 1. The minimum absolute atomic E-state index is 0.0612. The molecule has 0 spiro atoms. The zero-order valence-corrected chi connectivity index (χ0v) is 9.36. The molecule has 0 amide bonds. The van der Waals surface area contributed by atoms with Gasteiger partial charge in [-0.2, -0.15) is 0 Å². The molecule has 0 aromatic heterocycles. The van der Waals surface area contributed by atoms with Crippen molar-refractivity contribution in [1.82, 2.24) is 0 Å². The summed E-state index contributed by atoms with van der Waals surface area (Å²) in [6.45, 7) is 5.28. The van der Waals surface area contributed by atoms with Crippen molar-refractivity contribution < 1.29 is 14.3 Å². The zero-order valence-electron chi connectivity index (χ0n) is 9.36. The molecule has 0 heterocycles. The Labute approximate surface area is 90.8 Å². The number of rotatable bonds is 7. The maximum Gasteiger partial charge on any atom is 0.316 e. The molecule has 0 saturated carbocycles. The Morgan fingerprint density at radius 2 is 2.13 bits per heavy atom. The van der Waals surface area contributed by atoms with Crippen molar-refractivity contribution in [2.75, 3.05) is 7.11 Å². The Kier molecular flexibility index (Phi) is 7.24. The average molecular weight is 210 g/mol. The van der Waals surface area contributed by atoms with Gasteiger partial charge < -0.3 is 4.74 Å². The van der Waals surface area contributed by atoms with Crippen molar-refractivity contribution in [2.45, 2.75) is 26.2 Å². The molecule has 0 aromatic carbocycles. The fourth-order valence-corrected chi connectivity index (χ4v) is 1.25. The quantitative estimate of drug-likeness (QED) is 0.368. The minimum atomic E-state index is -0.616. The molecule has 1 atom stereocenters. The normalized spacial score (nSPS) is 12.4. The van der Waals surface area contributed by atoms with Gasteiger partial charge in [0, 0.05) is 6.42 Å². The molecule has 0 aliphatic carbocycles. The number of methoxy groups -OCH3 is 1. The van der Waals surface area contributed by atoms with Gasteiger partial charge in [-0.25, -0.2) is 0 Å². The number of carbonyl (C=O) groups is 2. The summed E-state index contributed by atoms with van der Waals surface area (Å²) in [6.07, 6.45) is 6.89. The lowest BCUT2D eigenvalue weighted by Gasteiger charge is -2.10. The first kappa shape index (κ1) is 13.6. The van der Waals surface area contributed by atoms with Crippen LogP contribution in [-0.4, -0.2) is 18.9 Å². The summed E-state index contributed by atoms with van der Waals surface area (Å²) in [5, 5.41) is 0. The molecule has 3 heteroatoms. The van der Waals surface area contributed by atoms with Crippen LogP contribution in [0.2, 0.25) is 0 Å². The van der Waals surface area contributed by atoms with E-state index >= 15 is 0 Å². The van der Waals surface area contributed by atoms with E-state index in [0.29, 0.717) is 19.3 Å². The second-order valence-electron chi connectivity index (χ2n) is 3.14. The molecule has 0 radical (unpaired) electrons. The lowest BCUT2D eigenvalue weighted by molar-refractivity contribution is -0.149. The Balaban J connectivity index is 4.25. The van der Waals surface area contributed by atoms with Crippen molar-refractivity contribution in [3.63, 3.8) is 0 Å². The van der Waals surface area contributed by atoms with Gasteiger partial charge in [0.05, 0.1) is 7.11 Å². The van der Waals surface area contributed by atoms with Crippen LogP contribution in [-0.2, 0) is 14.3 Å². The van der Waals surface area contributed by atoms with E-state index < -0.39 is 11.9 Å². The molecule has 0 aliphatic heterocycles. The standard InChI is InChI=1S/C12H18O3/c1-4-6-7-8-9-10(11(13)5-2)12(14)15-3/h4,6-7,10H,1,5,8-9H2,2-3H3/b7-6+. The van der Waals surface area contributed by atoms with Crippen molar-refractivity contribution in [3.05, 3.63) is 24.8 Å². The molecule has 1 unspecified atom stereocenters. The van der Waals surface area contributed by atoms with Crippen LogP contribution in [0.25, 0.3) is 0 Å². The molecular formula is C12H18O3. The first-order chi connectivity index (χ1) is 7.17. The average Bonchev–Trinajstić information content (AvgIpc) is 2.27. The van der Waals surface area contributed by atoms with E-state index in [-0.39, 0.29) is 5.78 Å². The minimum Gasteiger partial charge on any atom is -0.468 e. The molecule has 0 aromatic rings. The molecule has 0 N–H and O–H groups in total. The topological polar surface area (TPSA) is 43.4 Å². The Hall–Kier alpha value is -1.38. The summed E-state index contributed by atoms with van der Waals surface area (Å²) in [6, 6.07) is 0. The molecule has 0 aliphatic rings. The summed E-state index contributed by atoms with van der Waals surface area (Å²) >= 11 is 0. The van der Waals surface area contributed by atoms with Crippen molar-refractivity contribution >= 4 is 11.8 Å². The fourth-order valence-electron chi connectivity index (χ4n) is 1.25. The predicted molar refractivity (Wildman–Crippen MR) is 59.4 cm³/mol. The smallest absolute Gasteiger partial charge is 0.316 e. The highest BCUT2D eigenvalue weighted by molar-refractivity contribution is 5.98. The molecular weight excluding hydrogens is 192 g/mol. The Morgan fingerprint density at radius 3 is 2.60 bits per heavy atom. The number of ether oxygens (including phenoxy) is 1. The summed E-state index contributed by atoms with van der Waals surface area (Å²) in [4.78, 5) is 22.7. The summed E-state index contributed by atoms with van der Waals surface area (Å²) < 4.78 is 4.59. The van der Waals surface area contributed by atoms with Gasteiger partial charge in [-0.05, 0) is 12.8 Å². The van der Waals surface area contributed by atoms with E-state index in [1.165, 1.54) is 7.11 Å². The molecule has 0 fully saturated rings. The molecule has 0 bridgehead atoms. The van der Waals surface area contributed by atoms with E-state index in [9.17, 15) is 9.59 Å². The van der Waals surface area contributed by atoms with Crippen LogP contribution in [0.5, 0.6) is 0 Å². The van der Waals surface area contributed by atoms with Gasteiger partial charge in [0.1, 0.15) is 11.7 Å². The van der Waals surface area contributed by atoms with Gasteiger partial charge >= 0.3 is 5.97 Å². The third kappa shape index (κ3) is 5.15. The maximum atomic E-state index is 11.4. The SMILES string of the molecule is C=C/C=C/CCC(C(=O)CC)C(=O)OC. The summed E-state index contributed by atoms with van der Waals surface area (Å²) in [5.41, 5.74) is 0. The summed E-state index contributed by atoms with van der Waals surface area (Å²) in [5.74, 6) is -1.11. The van der Waals surface area contributed by atoms with E-state index in [4.69, 9.17) is 0 Å². The highest BCUT2D eigenvalue weighted by Crippen LogP contribution is 2.12. The number of hydrogen-bond donors (Lipinski definition) is 0. The largest absolute Gasteiger partial charge is 0.468 e. The van der Waals surface area contributed by atoms with Crippen LogP contribution in [0.15, 0.2) is 24.8 Å². The Bertz CT molecular complexity index is 238. The van der Waals surface area contributed by atoms with E-state index in [0.717, 1.165) is 0 Å². The lowest BCUT2D eigenvalue weighted by Crippen LogP contribution is -2.24. The second kappa shape index (κ2) is 7.97. The van der Waals surface area contributed by atoms with E-state index in [1.54, 1.807) is 19.1 Å². The van der Waals surface area contributed by atoms with E-state index in [2.05, 4.69) is 11.3 Å². The van der Waals surface area contributed by atoms with E-state index in [1.807, 2.05) is 6.08 Å². The van der Waals surface area contributed by atoms with Crippen molar-refractivity contribution in [1.29, 1.82) is 0 Å². The zero-order chi connectivity index (χ0) is 11.7. The van der Waals surface area contributed by atoms with Crippen LogP contribution in [0.1, 0.15) is 26.2 Å². The third-order valence-corrected chi connectivity index (χ3v) is 2.12. The van der Waals surface area contributed by atoms with Crippen LogP contribution < -0.4 is 0 Å². The van der Waals surface area contributed by atoms with Gasteiger partial charge in [0.2, 0.25) is 0 Å². The van der Waals surface area contributed by atoms with Gasteiger partial charge in [0.15, 0.2) is 0 Å². The number of esters is 1.